The molecule has 3 N–H and O–H groups in total. The number of halogens is 1. The van der Waals surface area contributed by atoms with E-state index in [0.29, 0.717) is 36.7 Å². The molecule has 0 aromatic carbocycles. The van der Waals surface area contributed by atoms with Gasteiger partial charge in [-0.25, -0.2) is 15.0 Å². The highest BCUT2D eigenvalue weighted by atomic mass is 19.1. The fourth-order valence-electron chi connectivity index (χ4n) is 2.28. The minimum absolute atomic E-state index is 0.150. The molecule has 0 aliphatic heterocycles. The molecule has 0 fully saturated rings. The number of hydrogen-bond acceptors (Lipinski definition) is 6. The lowest BCUT2D eigenvalue weighted by Gasteiger charge is -2.07. The average molecular weight is 317 g/mol. The summed E-state index contributed by atoms with van der Waals surface area (Å²) in [4.78, 5) is 15.0. The highest BCUT2D eigenvalue weighted by Crippen LogP contribution is 2.27. The van der Waals surface area contributed by atoms with Gasteiger partial charge in [-0.2, -0.15) is 4.39 Å². The normalized spacial score (nSPS) is 11.0. The van der Waals surface area contributed by atoms with E-state index in [9.17, 15) is 4.39 Å². The molecule has 3 heterocycles. The Balaban J connectivity index is 1.94. The number of fused-ring (bicyclic) bond motifs is 1. The third-order valence-corrected chi connectivity index (χ3v) is 3.37. The Kier molecular flexibility index (Phi) is 4.33. The number of nitrogens with zero attached hydrogens (tertiary/aromatic N) is 3. The number of ether oxygens (including phenoxy) is 2. The van der Waals surface area contributed by atoms with E-state index in [1.165, 1.54) is 6.33 Å². The molecule has 0 amide bonds. The Hall–Kier alpha value is -2.74. The summed E-state index contributed by atoms with van der Waals surface area (Å²) in [5.41, 5.74) is 7.36. The van der Waals surface area contributed by atoms with Crippen molar-refractivity contribution in [1.82, 2.24) is 19.9 Å². The maximum atomic E-state index is 13.9. The summed E-state index contributed by atoms with van der Waals surface area (Å²) in [5.74, 6) is 0.00209. The molecule has 0 saturated heterocycles. The van der Waals surface area contributed by atoms with E-state index in [1.807, 2.05) is 0 Å². The first kappa shape index (κ1) is 15.2. The van der Waals surface area contributed by atoms with Crippen LogP contribution in [0.2, 0.25) is 0 Å². The molecule has 8 heteroatoms. The molecule has 0 saturated carbocycles. The van der Waals surface area contributed by atoms with Crippen molar-refractivity contribution in [3.05, 3.63) is 41.7 Å². The topological polar surface area (TPSA) is 98.9 Å². The predicted molar refractivity (Wildman–Crippen MR) is 82.7 cm³/mol. The van der Waals surface area contributed by atoms with Crippen LogP contribution in [0.25, 0.3) is 11.0 Å². The summed E-state index contributed by atoms with van der Waals surface area (Å²) in [6.45, 7) is 0.812. The van der Waals surface area contributed by atoms with Crippen LogP contribution in [0.3, 0.4) is 0 Å². The number of H-pyrrole nitrogens is 1. The van der Waals surface area contributed by atoms with E-state index in [1.54, 1.807) is 25.4 Å². The van der Waals surface area contributed by atoms with Crippen LogP contribution in [0, 0.1) is 5.95 Å². The first-order chi connectivity index (χ1) is 11.2. The first-order valence-electron chi connectivity index (χ1n) is 7.02. The van der Waals surface area contributed by atoms with Gasteiger partial charge >= 0.3 is 0 Å². The van der Waals surface area contributed by atoms with Gasteiger partial charge in [-0.05, 0) is 11.6 Å². The minimum Gasteiger partial charge on any atom is -0.475 e. The van der Waals surface area contributed by atoms with Gasteiger partial charge in [0.2, 0.25) is 11.8 Å². The largest absolute Gasteiger partial charge is 0.475 e. The van der Waals surface area contributed by atoms with Crippen molar-refractivity contribution in [3.8, 4) is 5.88 Å². The van der Waals surface area contributed by atoms with E-state index in [2.05, 4.69) is 19.9 Å². The molecule has 0 aliphatic carbocycles. The fraction of sp³-hybridized carbons (Fsp3) is 0.267. The molecule has 0 bridgehead atoms. The van der Waals surface area contributed by atoms with Crippen LogP contribution in [0.5, 0.6) is 5.88 Å². The molecule has 3 aromatic heterocycles. The number of rotatable bonds is 6. The zero-order chi connectivity index (χ0) is 16.2. The number of aromatic nitrogens is 4. The van der Waals surface area contributed by atoms with Gasteiger partial charge in [0.05, 0.1) is 12.0 Å². The van der Waals surface area contributed by atoms with Crippen molar-refractivity contribution in [2.75, 3.05) is 26.1 Å². The molecule has 120 valence electrons. The van der Waals surface area contributed by atoms with Crippen LogP contribution < -0.4 is 10.5 Å². The molecule has 0 radical (unpaired) electrons. The highest BCUT2D eigenvalue weighted by Gasteiger charge is 2.15. The number of anilines is 1. The summed E-state index contributed by atoms with van der Waals surface area (Å²) in [7, 11) is 1.59. The predicted octanol–water partition coefficient (Wildman–Crippen LogP) is 1.69. The molecule has 7 nitrogen and oxygen atoms in total. The second kappa shape index (κ2) is 6.57. The van der Waals surface area contributed by atoms with Crippen LogP contribution >= 0.6 is 0 Å². The number of methoxy groups -OCH3 is 1. The molecular formula is C15H16FN5O2. The van der Waals surface area contributed by atoms with Crippen molar-refractivity contribution in [2.24, 2.45) is 0 Å². The molecule has 0 aliphatic rings. The lowest BCUT2D eigenvalue weighted by Crippen LogP contribution is -2.06. The first-order valence-corrected chi connectivity index (χ1v) is 7.02. The minimum atomic E-state index is -0.585. The van der Waals surface area contributed by atoms with Gasteiger partial charge in [0, 0.05) is 25.3 Å². The monoisotopic (exact) mass is 317 g/mol. The lowest BCUT2D eigenvalue weighted by molar-refractivity contribution is 0.144. The van der Waals surface area contributed by atoms with Gasteiger partial charge in [0.25, 0.3) is 0 Å². The zero-order valence-electron chi connectivity index (χ0n) is 12.5. The fourth-order valence-corrected chi connectivity index (χ4v) is 2.28. The van der Waals surface area contributed by atoms with Crippen LogP contribution in [-0.4, -0.2) is 40.3 Å². The Morgan fingerprint density at radius 1 is 1.22 bits per heavy atom. The van der Waals surface area contributed by atoms with Gasteiger partial charge in [0.1, 0.15) is 24.4 Å². The third-order valence-electron chi connectivity index (χ3n) is 3.37. The second-order valence-electron chi connectivity index (χ2n) is 4.92. The quantitative estimate of drug-likeness (QED) is 0.530. The molecular weight excluding hydrogens is 301 g/mol. The number of nitrogen functional groups attached to an aromatic ring is 1. The van der Waals surface area contributed by atoms with Crippen molar-refractivity contribution in [3.63, 3.8) is 0 Å². The van der Waals surface area contributed by atoms with Gasteiger partial charge < -0.3 is 20.2 Å². The number of pyridine rings is 1. The maximum Gasteiger partial charge on any atom is 0.226 e. The standard InChI is InChI=1S/C15H16FN5O2/c1-22-4-5-23-15-12-10(7-18-14(12)19-8-20-15)6-9-2-3-11(17)21-13(9)16/h2-3,7-8H,4-6H2,1H3,(H2,17,21)(H,18,19,20). The Morgan fingerprint density at radius 3 is 2.87 bits per heavy atom. The van der Waals surface area contributed by atoms with E-state index in [-0.39, 0.29) is 5.82 Å². The summed E-state index contributed by atoms with van der Waals surface area (Å²) in [6.07, 6.45) is 3.50. The Morgan fingerprint density at radius 2 is 2.09 bits per heavy atom. The van der Waals surface area contributed by atoms with Crippen LogP contribution in [0.15, 0.2) is 24.7 Å². The number of nitrogens with one attached hydrogen (secondary N) is 1. The van der Waals surface area contributed by atoms with Gasteiger partial charge in [0.15, 0.2) is 0 Å². The van der Waals surface area contributed by atoms with Crippen molar-refractivity contribution < 1.29 is 13.9 Å². The summed E-state index contributed by atoms with van der Waals surface area (Å²) < 4.78 is 24.5. The van der Waals surface area contributed by atoms with Crippen molar-refractivity contribution in [2.45, 2.75) is 6.42 Å². The van der Waals surface area contributed by atoms with E-state index in [0.717, 1.165) is 10.9 Å². The number of nitrogens with two attached hydrogens (primary N) is 1. The summed E-state index contributed by atoms with van der Waals surface area (Å²) in [5, 5.41) is 0.722. The Bertz CT molecular complexity index is 821. The summed E-state index contributed by atoms with van der Waals surface area (Å²) in [6, 6.07) is 3.19. The van der Waals surface area contributed by atoms with Gasteiger partial charge in [-0.1, -0.05) is 6.07 Å². The number of aromatic amines is 1. The summed E-state index contributed by atoms with van der Waals surface area (Å²) >= 11 is 0. The third kappa shape index (κ3) is 3.21. The van der Waals surface area contributed by atoms with Crippen molar-refractivity contribution in [1.29, 1.82) is 0 Å². The van der Waals surface area contributed by atoms with Crippen molar-refractivity contribution >= 4 is 16.9 Å². The van der Waals surface area contributed by atoms with E-state index in [4.69, 9.17) is 15.2 Å². The highest BCUT2D eigenvalue weighted by molar-refractivity contribution is 5.85. The maximum absolute atomic E-state index is 13.9. The molecule has 23 heavy (non-hydrogen) atoms. The Labute approximate surface area is 131 Å². The zero-order valence-corrected chi connectivity index (χ0v) is 12.5. The molecule has 0 spiro atoms. The number of hydrogen-bond donors (Lipinski definition) is 2. The lowest BCUT2D eigenvalue weighted by atomic mass is 10.1. The molecule has 3 rings (SSSR count). The molecule has 3 aromatic rings. The van der Waals surface area contributed by atoms with E-state index < -0.39 is 5.95 Å². The van der Waals surface area contributed by atoms with E-state index >= 15 is 0 Å². The van der Waals surface area contributed by atoms with Crippen LogP contribution in [0.4, 0.5) is 10.2 Å². The SMILES string of the molecule is COCCOc1ncnc2[nH]cc(Cc3ccc(N)nc3F)c12. The van der Waals surface area contributed by atoms with Gasteiger partial charge in [-0.3, -0.25) is 0 Å². The average Bonchev–Trinajstić information content (AvgIpc) is 2.94. The smallest absolute Gasteiger partial charge is 0.226 e. The second-order valence-corrected chi connectivity index (χ2v) is 4.92. The molecule has 0 unspecified atom stereocenters. The van der Waals surface area contributed by atoms with Crippen LogP contribution in [-0.2, 0) is 11.2 Å². The van der Waals surface area contributed by atoms with Gasteiger partial charge in [-0.15, -0.1) is 0 Å². The van der Waals surface area contributed by atoms with Crippen LogP contribution in [0.1, 0.15) is 11.1 Å². The molecule has 0 atom stereocenters.